The normalized spacial score (nSPS) is 14.8. The van der Waals surface area contributed by atoms with Crippen molar-refractivity contribution in [2.75, 3.05) is 5.75 Å². The predicted octanol–water partition coefficient (Wildman–Crippen LogP) is 2.46. The summed E-state index contributed by atoms with van der Waals surface area (Å²) >= 11 is 1.26. The maximum Gasteiger partial charge on any atom is 0.313 e. The Morgan fingerprint density at radius 1 is 1.25 bits per heavy atom. The molecule has 0 amide bonds. The number of rotatable bonds is 5. The molecule has 1 aliphatic carbocycles. The summed E-state index contributed by atoms with van der Waals surface area (Å²) in [7, 11) is 0. The van der Waals surface area contributed by atoms with E-state index in [0.29, 0.717) is 0 Å². The van der Waals surface area contributed by atoms with Gasteiger partial charge in [0.05, 0.1) is 5.75 Å². The molecule has 0 aliphatic heterocycles. The van der Waals surface area contributed by atoms with Gasteiger partial charge in [-0.3, -0.25) is 9.59 Å². The summed E-state index contributed by atoms with van der Waals surface area (Å²) < 4.78 is 0. The van der Waals surface area contributed by atoms with E-state index >= 15 is 0 Å². The summed E-state index contributed by atoms with van der Waals surface area (Å²) in [5.41, 5.74) is 0.738. The third-order valence-corrected chi connectivity index (χ3v) is 3.45. The Kier molecular flexibility index (Phi) is 3.29. The standard InChI is InChI=1S/C12H12O3S/c13-11(14)7-16-10-5-3-9(4-6-10)12(15)8-1-2-8/h3-6,8H,1-2,7H2,(H,13,14). The van der Waals surface area contributed by atoms with Crippen LogP contribution in [0.2, 0.25) is 0 Å². The molecule has 84 valence electrons. The van der Waals surface area contributed by atoms with Crippen LogP contribution >= 0.6 is 11.8 Å². The number of aliphatic carboxylic acids is 1. The smallest absolute Gasteiger partial charge is 0.313 e. The second kappa shape index (κ2) is 4.70. The van der Waals surface area contributed by atoms with E-state index in [4.69, 9.17) is 5.11 Å². The number of carbonyl (C=O) groups excluding carboxylic acids is 1. The monoisotopic (exact) mass is 236 g/mol. The maximum absolute atomic E-state index is 11.7. The molecule has 0 radical (unpaired) electrons. The van der Waals surface area contributed by atoms with Crippen LogP contribution in [0.15, 0.2) is 29.2 Å². The quantitative estimate of drug-likeness (QED) is 0.630. The van der Waals surface area contributed by atoms with Gasteiger partial charge >= 0.3 is 5.97 Å². The molecule has 0 aromatic heterocycles. The largest absolute Gasteiger partial charge is 0.481 e. The van der Waals surface area contributed by atoms with Gasteiger partial charge in [-0.25, -0.2) is 0 Å². The van der Waals surface area contributed by atoms with Crippen molar-refractivity contribution in [3.8, 4) is 0 Å². The molecule has 3 nitrogen and oxygen atoms in total. The second-order valence-corrected chi connectivity index (χ2v) is 4.89. The van der Waals surface area contributed by atoms with Crippen molar-refractivity contribution in [3.63, 3.8) is 0 Å². The van der Waals surface area contributed by atoms with E-state index in [-0.39, 0.29) is 17.5 Å². The fourth-order valence-corrected chi connectivity index (χ4v) is 2.06. The summed E-state index contributed by atoms with van der Waals surface area (Å²) in [4.78, 5) is 22.9. The lowest BCUT2D eigenvalue weighted by molar-refractivity contribution is -0.133. The first-order chi connectivity index (χ1) is 7.66. The van der Waals surface area contributed by atoms with Crippen LogP contribution < -0.4 is 0 Å². The Morgan fingerprint density at radius 2 is 1.88 bits per heavy atom. The van der Waals surface area contributed by atoms with Crippen LogP contribution in [0.25, 0.3) is 0 Å². The summed E-state index contributed by atoms with van der Waals surface area (Å²) in [6.45, 7) is 0. The van der Waals surface area contributed by atoms with Crippen molar-refractivity contribution < 1.29 is 14.7 Å². The third kappa shape index (κ3) is 2.85. The SMILES string of the molecule is O=C(O)CSc1ccc(C(=O)C2CC2)cc1. The predicted molar refractivity (Wildman–Crippen MR) is 61.9 cm³/mol. The minimum absolute atomic E-state index is 0.0515. The first-order valence-electron chi connectivity index (χ1n) is 5.15. The number of Topliss-reactive ketones (excluding diaryl/α,β-unsaturated/α-hetero) is 1. The fourth-order valence-electron chi connectivity index (χ4n) is 1.44. The number of carboxylic acid groups (broad SMARTS) is 1. The van der Waals surface area contributed by atoms with Gasteiger partial charge in [-0.2, -0.15) is 0 Å². The maximum atomic E-state index is 11.7. The number of carboxylic acids is 1. The molecular formula is C12H12O3S. The van der Waals surface area contributed by atoms with Crippen molar-refractivity contribution in [2.24, 2.45) is 5.92 Å². The van der Waals surface area contributed by atoms with Crippen molar-refractivity contribution >= 4 is 23.5 Å². The highest BCUT2D eigenvalue weighted by atomic mass is 32.2. The summed E-state index contributed by atoms with van der Waals surface area (Å²) in [6, 6.07) is 7.18. The van der Waals surface area contributed by atoms with Gasteiger partial charge in [0.15, 0.2) is 5.78 Å². The van der Waals surface area contributed by atoms with E-state index in [1.165, 1.54) is 11.8 Å². The highest BCUT2D eigenvalue weighted by Gasteiger charge is 2.30. The Labute approximate surface area is 97.9 Å². The fraction of sp³-hybridized carbons (Fsp3) is 0.333. The van der Waals surface area contributed by atoms with Crippen molar-refractivity contribution in [1.29, 1.82) is 0 Å². The molecule has 0 unspecified atom stereocenters. The topological polar surface area (TPSA) is 54.4 Å². The van der Waals surface area contributed by atoms with Crippen LogP contribution in [-0.2, 0) is 4.79 Å². The number of hydrogen-bond donors (Lipinski definition) is 1. The van der Waals surface area contributed by atoms with Gasteiger partial charge in [0.2, 0.25) is 0 Å². The lowest BCUT2D eigenvalue weighted by Gasteiger charge is -2.01. The molecule has 4 heteroatoms. The molecule has 1 N–H and O–H groups in total. The number of ketones is 1. The lowest BCUT2D eigenvalue weighted by Crippen LogP contribution is -2.01. The van der Waals surface area contributed by atoms with Gasteiger partial charge in [-0.1, -0.05) is 12.1 Å². The molecule has 1 saturated carbocycles. The van der Waals surface area contributed by atoms with E-state index in [0.717, 1.165) is 23.3 Å². The number of thioether (sulfide) groups is 1. The molecule has 1 aromatic rings. The molecule has 0 saturated heterocycles. The Bertz CT molecular complexity index is 407. The molecule has 16 heavy (non-hydrogen) atoms. The molecule has 0 heterocycles. The van der Waals surface area contributed by atoms with Crippen LogP contribution in [0.3, 0.4) is 0 Å². The highest BCUT2D eigenvalue weighted by Crippen LogP contribution is 2.32. The zero-order valence-corrected chi connectivity index (χ0v) is 9.50. The molecule has 0 atom stereocenters. The molecule has 0 spiro atoms. The Morgan fingerprint density at radius 3 is 2.38 bits per heavy atom. The number of benzene rings is 1. The zero-order chi connectivity index (χ0) is 11.5. The van der Waals surface area contributed by atoms with Gasteiger partial charge in [-0.05, 0) is 25.0 Å². The van der Waals surface area contributed by atoms with Crippen LogP contribution in [0.4, 0.5) is 0 Å². The molecular weight excluding hydrogens is 224 g/mol. The van der Waals surface area contributed by atoms with Gasteiger partial charge in [-0.15, -0.1) is 11.8 Å². The molecule has 1 fully saturated rings. The van der Waals surface area contributed by atoms with Gasteiger partial charge < -0.3 is 5.11 Å². The van der Waals surface area contributed by atoms with Gasteiger partial charge in [0, 0.05) is 16.4 Å². The highest BCUT2D eigenvalue weighted by molar-refractivity contribution is 8.00. The second-order valence-electron chi connectivity index (χ2n) is 3.85. The lowest BCUT2D eigenvalue weighted by atomic mass is 10.1. The van der Waals surface area contributed by atoms with E-state index in [9.17, 15) is 9.59 Å². The van der Waals surface area contributed by atoms with Crippen LogP contribution in [-0.4, -0.2) is 22.6 Å². The molecule has 1 aliphatic rings. The molecule has 1 aromatic carbocycles. The summed E-state index contributed by atoms with van der Waals surface area (Å²) in [6.07, 6.45) is 2.02. The Hall–Kier alpha value is -1.29. The van der Waals surface area contributed by atoms with Crippen molar-refractivity contribution in [1.82, 2.24) is 0 Å². The number of hydrogen-bond acceptors (Lipinski definition) is 3. The van der Waals surface area contributed by atoms with Crippen LogP contribution in [0, 0.1) is 5.92 Å². The summed E-state index contributed by atoms with van der Waals surface area (Å²) in [5.74, 6) is -0.328. The van der Waals surface area contributed by atoms with E-state index in [2.05, 4.69) is 0 Å². The molecule has 2 rings (SSSR count). The first kappa shape index (κ1) is 11.2. The van der Waals surface area contributed by atoms with E-state index in [1.54, 1.807) is 12.1 Å². The van der Waals surface area contributed by atoms with Gasteiger partial charge in [0.25, 0.3) is 0 Å². The van der Waals surface area contributed by atoms with Crippen LogP contribution in [0.5, 0.6) is 0 Å². The Balaban J connectivity index is 1.98. The zero-order valence-electron chi connectivity index (χ0n) is 8.68. The van der Waals surface area contributed by atoms with Crippen molar-refractivity contribution in [2.45, 2.75) is 17.7 Å². The third-order valence-electron chi connectivity index (χ3n) is 2.45. The average molecular weight is 236 g/mol. The van der Waals surface area contributed by atoms with Crippen molar-refractivity contribution in [3.05, 3.63) is 29.8 Å². The summed E-state index contributed by atoms with van der Waals surface area (Å²) in [5, 5.41) is 8.52. The van der Waals surface area contributed by atoms with E-state index < -0.39 is 5.97 Å². The first-order valence-corrected chi connectivity index (χ1v) is 6.14. The minimum Gasteiger partial charge on any atom is -0.481 e. The average Bonchev–Trinajstić information content (AvgIpc) is 3.10. The van der Waals surface area contributed by atoms with Gasteiger partial charge in [0.1, 0.15) is 0 Å². The van der Waals surface area contributed by atoms with E-state index in [1.807, 2.05) is 12.1 Å². The molecule has 0 bridgehead atoms. The van der Waals surface area contributed by atoms with Crippen LogP contribution in [0.1, 0.15) is 23.2 Å². The minimum atomic E-state index is -0.830. The number of carbonyl (C=O) groups is 2.